The van der Waals surface area contributed by atoms with Crippen LogP contribution >= 0.6 is 10.7 Å². The lowest BCUT2D eigenvalue weighted by atomic mass is 10.0. The standard InChI is InChI=1S/C15H20ClNO3S/c1-3-4-12-7-8-17(10-12)15(18)14-9-13(21(16,19)20)6-5-11(14)2/h5-6,9,12H,3-4,7-8,10H2,1-2H3. The van der Waals surface area contributed by atoms with Crippen molar-refractivity contribution in [2.24, 2.45) is 5.92 Å². The monoisotopic (exact) mass is 329 g/mol. The van der Waals surface area contributed by atoms with Gasteiger partial charge in [-0.05, 0) is 43.4 Å². The molecule has 116 valence electrons. The molecule has 1 aromatic carbocycles. The van der Waals surface area contributed by atoms with Crippen LogP contribution < -0.4 is 0 Å². The second-order valence-electron chi connectivity index (χ2n) is 5.61. The Labute approximate surface area is 130 Å². The van der Waals surface area contributed by atoms with Gasteiger partial charge in [-0.1, -0.05) is 19.4 Å². The third-order valence-corrected chi connectivity index (χ3v) is 5.34. The van der Waals surface area contributed by atoms with E-state index in [9.17, 15) is 13.2 Å². The van der Waals surface area contributed by atoms with Crippen molar-refractivity contribution in [3.8, 4) is 0 Å². The van der Waals surface area contributed by atoms with Gasteiger partial charge in [-0.25, -0.2) is 8.42 Å². The highest BCUT2D eigenvalue weighted by Crippen LogP contribution is 2.25. The molecular weight excluding hydrogens is 310 g/mol. The third-order valence-electron chi connectivity index (χ3n) is 3.99. The number of carbonyl (C=O) groups is 1. The van der Waals surface area contributed by atoms with Gasteiger partial charge in [-0.2, -0.15) is 0 Å². The van der Waals surface area contributed by atoms with Crippen LogP contribution in [0.2, 0.25) is 0 Å². The van der Waals surface area contributed by atoms with Gasteiger partial charge in [0.1, 0.15) is 0 Å². The van der Waals surface area contributed by atoms with Gasteiger partial charge in [0, 0.05) is 29.3 Å². The number of benzene rings is 1. The highest BCUT2D eigenvalue weighted by atomic mass is 35.7. The minimum Gasteiger partial charge on any atom is -0.338 e. The molecule has 0 saturated carbocycles. The number of aryl methyl sites for hydroxylation is 1. The summed E-state index contributed by atoms with van der Waals surface area (Å²) in [5.74, 6) is 0.451. The van der Waals surface area contributed by atoms with Crippen molar-refractivity contribution >= 4 is 25.6 Å². The minimum absolute atomic E-state index is 0.0255. The topological polar surface area (TPSA) is 54.5 Å². The maximum absolute atomic E-state index is 12.6. The number of likely N-dealkylation sites (tertiary alicyclic amines) is 1. The minimum atomic E-state index is -3.82. The first-order valence-electron chi connectivity index (χ1n) is 7.17. The van der Waals surface area contributed by atoms with Crippen LogP contribution in [0.5, 0.6) is 0 Å². The molecule has 1 unspecified atom stereocenters. The summed E-state index contributed by atoms with van der Waals surface area (Å²) >= 11 is 0. The molecule has 4 nitrogen and oxygen atoms in total. The van der Waals surface area contributed by atoms with E-state index in [1.54, 1.807) is 13.0 Å². The van der Waals surface area contributed by atoms with Crippen LogP contribution in [-0.2, 0) is 9.05 Å². The van der Waals surface area contributed by atoms with Gasteiger partial charge in [0.05, 0.1) is 4.90 Å². The largest absolute Gasteiger partial charge is 0.338 e. The first kappa shape index (κ1) is 16.3. The molecule has 1 atom stereocenters. The summed E-state index contributed by atoms with van der Waals surface area (Å²) in [6.45, 7) is 5.44. The Morgan fingerprint density at radius 2 is 2.14 bits per heavy atom. The summed E-state index contributed by atoms with van der Waals surface area (Å²) in [7, 11) is 1.54. The fourth-order valence-corrected chi connectivity index (χ4v) is 3.59. The first-order valence-corrected chi connectivity index (χ1v) is 9.48. The molecule has 0 N–H and O–H groups in total. The van der Waals surface area contributed by atoms with E-state index in [0.29, 0.717) is 11.5 Å². The smallest absolute Gasteiger partial charge is 0.261 e. The van der Waals surface area contributed by atoms with Crippen LogP contribution in [0.15, 0.2) is 23.1 Å². The van der Waals surface area contributed by atoms with Crippen molar-refractivity contribution in [2.45, 2.75) is 38.0 Å². The Kier molecular flexibility index (Phi) is 4.94. The molecule has 1 aromatic rings. The molecule has 0 bridgehead atoms. The molecule has 0 radical (unpaired) electrons. The second kappa shape index (κ2) is 6.36. The number of carbonyl (C=O) groups excluding carboxylic acids is 1. The zero-order chi connectivity index (χ0) is 15.6. The van der Waals surface area contributed by atoms with E-state index in [1.807, 2.05) is 4.90 Å². The molecule has 0 aromatic heterocycles. The molecule has 0 spiro atoms. The Hall–Kier alpha value is -1.07. The summed E-state index contributed by atoms with van der Waals surface area (Å²) < 4.78 is 22.8. The van der Waals surface area contributed by atoms with Crippen molar-refractivity contribution in [1.29, 1.82) is 0 Å². The molecular formula is C15H20ClNO3S. The molecule has 1 saturated heterocycles. The number of hydrogen-bond acceptors (Lipinski definition) is 3. The number of hydrogen-bond donors (Lipinski definition) is 0. The Morgan fingerprint density at radius 3 is 2.76 bits per heavy atom. The lowest BCUT2D eigenvalue weighted by Gasteiger charge is -2.18. The summed E-state index contributed by atoms with van der Waals surface area (Å²) in [5.41, 5.74) is 1.19. The molecule has 1 amide bonds. The SMILES string of the molecule is CCCC1CCN(C(=O)c2cc(S(=O)(=O)Cl)ccc2C)C1. The van der Waals surface area contributed by atoms with Gasteiger partial charge >= 0.3 is 0 Å². The summed E-state index contributed by atoms with van der Waals surface area (Å²) in [5, 5.41) is 0. The van der Waals surface area contributed by atoms with Crippen molar-refractivity contribution < 1.29 is 13.2 Å². The van der Waals surface area contributed by atoms with Crippen molar-refractivity contribution in [3.63, 3.8) is 0 Å². The normalized spacial score (nSPS) is 19.0. The lowest BCUT2D eigenvalue weighted by molar-refractivity contribution is 0.0785. The first-order chi connectivity index (χ1) is 9.82. The van der Waals surface area contributed by atoms with Crippen LogP contribution in [0.4, 0.5) is 0 Å². The van der Waals surface area contributed by atoms with Gasteiger partial charge < -0.3 is 4.90 Å². The lowest BCUT2D eigenvalue weighted by Crippen LogP contribution is -2.29. The van der Waals surface area contributed by atoms with Crippen LogP contribution in [0.3, 0.4) is 0 Å². The summed E-state index contributed by atoms with van der Waals surface area (Å²) in [6.07, 6.45) is 3.26. The van der Waals surface area contributed by atoms with Gasteiger partial charge in [0.2, 0.25) is 0 Å². The van der Waals surface area contributed by atoms with E-state index < -0.39 is 9.05 Å². The second-order valence-corrected chi connectivity index (χ2v) is 8.18. The van der Waals surface area contributed by atoms with E-state index in [4.69, 9.17) is 10.7 Å². The molecule has 6 heteroatoms. The van der Waals surface area contributed by atoms with Crippen molar-refractivity contribution in [3.05, 3.63) is 29.3 Å². The van der Waals surface area contributed by atoms with E-state index in [2.05, 4.69) is 6.92 Å². The summed E-state index contributed by atoms with van der Waals surface area (Å²) in [4.78, 5) is 14.4. The van der Waals surface area contributed by atoms with E-state index in [-0.39, 0.29) is 10.8 Å². The Balaban J connectivity index is 2.24. The number of nitrogens with zero attached hydrogens (tertiary/aromatic N) is 1. The highest BCUT2D eigenvalue weighted by molar-refractivity contribution is 8.13. The molecule has 0 aliphatic carbocycles. The molecule has 21 heavy (non-hydrogen) atoms. The molecule has 1 fully saturated rings. The van der Waals surface area contributed by atoms with E-state index >= 15 is 0 Å². The molecule has 2 rings (SSSR count). The molecule has 1 aliphatic rings. The van der Waals surface area contributed by atoms with Crippen LogP contribution in [-0.4, -0.2) is 32.3 Å². The predicted molar refractivity (Wildman–Crippen MR) is 83.1 cm³/mol. The third kappa shape index (κ3) is 3.77. The maximum atomic E-state index is 12.6. The van der Waals surface area contributed by atoms with E-state index in [0.717, 1.165) is 37.9 Å². The zero-order valence-electron chi connectivity index (χ0n) is 12.3. The van der Waals surface area contributed by atoms with Crippen molar-refractivity contribution in [2.75, 3.05) is 13.1 Å². The summed E-state index contributed by atoms with van der Waals surface area (Å²) in [6, 6.07) is 4.44. The average Bonchev–Trinajstić information content (AvgIpc) is 2.86. The Bertz CT molecular complexity index is 642. The Morgan fingerprint density at radius 1 is 1.43 bits per heavy atom. The fourth-order valence-electron chi connectivity index (χ4n) is 2.81. The van der Waals surface area contributed by atoms with Crippen molar-refractivity contribution in [1.82, 2.24) is 4.90 Å². The number of amides is 1. The number of halogens is 1. The fraction of sp³-hybridized carbons (Fsp3) is 0.533. The van der Waals surface area contributed by atoms with Gasteiger partial charge in [0.15, 0.2) is 0 Å². The average molecular weight is 330 g/mol. The zero-order valence-corrected chi connectivity index (χ0v) is 13.9. The van der Waals surface area contributed by atoms with Gasteiger partial charge in [0.25, 0.3) is 15.0 Å². The quantitative estimate of drug-likeness (QED) is 0.797. The number of rotatable bonds is 4. The molecule has 1 heterocycles. The van der Waals surface area contributed by atoms with Crippen LogP contribution in [0, 0.1) is 12.8 Å². The molecule has 1 aliphatic heterocycles. The van der Waals surface area contributed by atoms with Gasteiger partial charge in [-0.3, -0.25) is 4.79 Å². The predicted octanol–water partition coefficient (Wildman–Crippen LogP) is 3.18. The van der Waals surface area contributed by atoms with Crippen LogP contribution in [0.1, 0.15) is 42.1 Å². The van der Waals surface area contributed by atoms with E-state index in [1.165, 1.54) is 12.1 Å². The van der Waals surface area contributed by atoms with Crippen LogP contribution in [0.25, 0.3) is 0 Å². The van der Waals surface area contributed by atoms with Gasteiger partial charge in [-0.15, -0.1) is 0 Å². The maximum Gasteiger partial charge on any atom is 0.261 e. The highest BCUT2D eigenvalue weighted by Gasteiger charge is 2.27.